The first-order valence-electron chi connectivity index (χ1n) is 2.83. The second kappa shape index (κ2) is 3.01. The van der Waals surface area contributed by atoms with Gasteiger partial charge < -0.3 is 0 Å². The molecule has 0 aromatic heterocycles. The fourth-order valence-corrected chi connectivity index (χ4v) is 1.07. The Morgan fingerprint density at radius 3 is 2.11 bits per heavy atom. The Balaban J connectivity index is 4.22. The van der Waals surface area contributed by atoms with E-state index in [1.807, 2.05) is 0 Å². The molecule has 0 bridgehead atoms. The van der Waals surface area contributed by atoms with Crippen LogP contribution in [0.1, 0.15) is 13.8 Å². The highest BCUT2D eigenvalue weighted by Crippen LogP contribution is 1.99. The maximum absolute atomic E-state index is 10.9. The third-order valence-corrected chi connectivity index (χ3v) is 3.21. The zero-order valence-electron chi connectivity index (χ0n) is 5.79. The van der Waals surface area contributed by atoms with Crippen molar-refractivity contribution < 1.29 is 8.42 Å². The van der Waals surface area contributed by atoms with Crippen molar-refractivity contribution >= 4 is 9.84 Å². The largest absolute Gasteiger partial charge is 0.228 e. The molecule has 0 radical (unpaired) electrons. The van der Waals surface area contributed by atoms with Crippen molar-refractivity contribution in [3.8, 4) is 0 Å². The molecule has 0 fully saturated rings. The fraction of sp³-hybridized carbons (Fsp3) is 0.667. The maximum Gasteiger partial charge on any atom is 0.156 e. The quantitative estimate of drug-likeness (QED) is 0.559. The van der Waals surface area contributed by atoms with E-state index in [9.17, 15) is 8.42 Å². The van der Waals surface area contributed by atoms with Crippen molar-refractivity contribution in [1.29, 1.82) is 0 Å². The van der Waals surface area contributed by atoms with E-state index >= 15 is 0 Å². The second-order valence-corrected chi connectivity index (χ2v) is 4.77. The van der Waals surface area contributed by atoms with Crippen molar-refractivity contribution in [3.63, 3.8) is 0 Å². The fourth-order valence-electron chi connectivity index (χ4n) is 0.357. The van der Waals surface area contributed by atoms with E-state index in [1.165, 1.54) is 6.08 Å². The lowest BCUT2D eigenvalue weighted by Crippen LogP contribution is -2.15. The molecule has 0 heterocycles. The van der Waals surface area contributed by atoms with Gasteiger partial charge in [0.05, 0.1) is 11.0 Å². The van der Waals surface area contributed by atoms with Crippen molar-refractivity contribution in [2.24, 2.45) is 0 Å². The Bertz CT molecular complexity index is 177. The van der Waals surface area contributed by atoms with E-state index < -0.39 is 9.84 Å². The molecule has 3 heteroatoms. The van der Waals surface area contributed by atoms with Crippen LogP contribution in [0.25, 0.3) is 0 Å². The van der Waals surface area contributed by atoms with Gasteiger partial charge in [-0.05, 0) is 13.8 Å². The summed E-state index contributed by atoms with van der Waals surface area (Å²) in [5.74, 6) is 0.0880. The number of sulfone groups is 1. The zero-order chi connectivity index (χ0) is 7.49. The monoisotopic (exact) mass is 148 g/mol. The standard InChI is InChI=1S/C6H12O2S/c1-4-5-9(7,8)6(2)3/h4,6H,1,5H2,2-3H3. The van der Waals surface area contributed by atoms with Crippen LogP contribution < -0.4 is 0 Å². The molecule has 54 valence electrons. The Kier molecular flexibility index (Phi) is 2.91. The summed E-state index contributed by atoms with van der Waals surface area (Å²) in [5.41, 5.74) is 0. The molecular formula is C6H12O2S. The third kappa shape index (κ3) is 2.65. The van der Waals surface area contributed by atoms with E-state index in [0.29, 0.717) is 0 Å². The summed E-state index contributed by atoms with van der Waals surface area (Å²) in [5, 5.41) is -0.282. The minimum absolute atomic E-state index is 0.0880. The minimum atomic E-state index is -2.87. The molecule has 2 nitrogen and oxygen atoms in total. The Morgan fingerprint density at radius 1 is 1.56 bits per heavy atom. The van der Waals surface area contributed by atoms with Gasteiger partial charge in [-0.1, -0.05) is 6.08 Å². The van der Waals surface area contributed by atoms with Crippen LogP contribution in [0.2, 0.25) is 0 Å². The van der Waals surface area contributed by atoms with Gasteiger partial charge in [0.1, 0.15) is 0 Å². The average molecular weight is 148 g/mol. The molecule has 0 aromatic carbocycles. The van der Waals surface area contributed by atoms with Gasteiger partial charge >= 0.3 is 0 Å². The van der Waals surface area contributed by atoms with Crippen molar-refractivity contribution in [3.05, 3.63) is 12.7 Å². The van der Waals surface area contributed by atoms with Gasteiger partial charge in [-0.15, -0.1) is 6.58 Å². The van der Waals surface area contributed by atoms with E-state index in [1.54, 1.807) is 13.8 Å². The summed E-state index contributed by atoms with van der Waals surface area (Å²) in [7, 11) is -2.87. The third-order valence-electron chi connectivity index (χ3n) is 1.07. The van der Waals surface area contributed by atoms with Gasteiger partial charge in [0, 0.05) is 0 Å². The zero-order valence-corrected chi connectivity index (χ0v) is 6.61. The Hall–Kier alpha value is -0.310. The van der Waals surface area contributed by atoms with Gasteiger partial charge in [-0.3, -0.25) is 0 Å². The molecule has 0 aliphatic carbocycles. The van der Waals surface area contributed by atoms with Crippen LogP contribution in [0.4, 0.5) is 0 Å². The highest BCUT2D eigenvalue weighted by Gasteiger charge is 2.12. The molecule has 0 unspecified atom stereocenters. The van der Waals surface area contributed by atoms with Crippen LogP contribution in [0.3, 0.4) is 0 Å². The summed E-state index contributed by atoms with van der Waals surface area (Å²) in [6.45, 7) is 6.68. The van der Waals surface area contributed by atoms with Crippen LogP contribution in [0, 0.1) is 0 Å². The normalized spacial score (nSPS) is 11.9. The Labute approximate surface area is 56.5 Å². The van der Waals surface area contributed by atoms with Crippen molar-refractivity contribution in [2.45, 2.75) is 19.1 Å². The molecule has 0 amide bonds. The molecule has 9 heavy (non-hydrogen) atoms. The first-order chi connectivity index (χ1) is 4.00. The molecule has 0 rings (SSSR count). The van der Waals surface area contributed by atoms with Gasteiger partial charge in [0.2, 0.25) is 0 Å². The molecule has 0 saturated heterocycles. The van der Waals surface area contributed by atoms with Crippen LogP contribution in [-0.4, -0.2) is 19.4 Å². The van der Waals surface area contributed by atoms with E-state index in [4.69, 9.17) is 0 Å². The summed E-state index contributed by atoms with van der Waals surface area (Å²) in [6.07, 6.45) is 1.41. The first kappa shape index (κ1) is 8.69. The van der Waals surface area contributed by atoms with Gasteiger partial charge in [-0.25, -0.2) is 8.42 Å². The van der Waals surface area contributed by atoms with Crippen molar-refractivity contribution in [2.75, 3.05) is 5.75 Å². The molecule has 0 spiro atoms. The summed E-state index contributed by atoms with van der Waals surface area (Å²) < 4.78 is 21.7. The first-order valence-corrected chi connectivity index (χ1v) is 4.54. The number of hydrogen-bond donors (Lipinski definition) is 0. The molecule has 0 saturated carbocycles. The summed E-state index contributed by atoms with van der Waals surface area (Å²) in [6, 6.07) is 0. The molecule has 0 aromatic rings. The highest BCUT2D eigenvalue weighted by molar-refractivity contribution is 7.92. The Morgan fingerprint density at radius 2 is 2.00 bits per heavy atom. The topological polar surface area (TPSA) is 34.1 Å². The lowest BCUT2D eigenvalue weighted by molar-refractivity contribution is 0.590. The predicted octanol–water partition coefficient (Wildman–Crippen LogP) is 0.996. The number of rotatable bonds is 3. The second-order valence-electron chi connectivity index (χ2n) is 2.17. The average Bonchev–Trinajstić information content (AvgIpc) is 1.65. The van der Waals surface area contributed by atoms with Crippen LogP contribution in [0.5, 0.6) is 0 Å². The lowest BCUT2D eigenvalue weighted by atomic mass is 10.6. The van der Waals surface area contributed by atoms with E-state index in [0.717, 1.165) is 0 Å². The van der Waals surface area contributed by atoms with E-state index in [-0.39, 0.29) is 11.0 Å². The van der Waals surface area contributed by atoms with Crippen LogP contribution >= 0.6 is 0 Å². The maximum atomic E-state index is 10.9. The molecular weight excluding hydrogens is 136 g/mol. The SMILES string of the molecule is C=CCS(=O)(=O)C(C)C. The van der Waals surface area contributed by atoms with Gasteiger partial charge in [-0.2, -0.15) is 0 Å². The summed E-state index contributed by atoms with van der Waals surface area (Å²) in [4.78, 5) is 0. The smallest absolute Gasteiger partial charge is 0.156 e. The number of hydrogen-bond acceptors (Lipinski definition) is 2. The molecule has 0 N–H and O–H groups in total. The molecule has 0 atom stereocenters. The predicted molar refractivity (Wildman–Crippen MR) is 39.1 cm³/mol. The van der Waals surface area contributed by atoms with Crippen LogP contribution in [0.15, 0.2) is 12.7 Å². The lowest BCUT2D eigenvalue weighted by Gasteiger charge is -2.02. The molecule has 0 aliphatic heterocycles. The summed E-state index contributed by atoms with van der Waals surface area (Å²) >= 11 is 0. The van der Waals surface area contributed by atoms with Gasteiger partial charge in [0.25, 0.3) is 0 Å². The van der Waals surface area contributed by atoms with Crippen LogP contribution in [-0.2, 0) is 9.84 Å². The van der Waals surface area contributed by atoms with E-state index in [2.05, 4.69) is 6.58 Å². The van der Waals surface area contributed by atoms with Crippen molar-refractivity contribution in [1.82, 2.24) is 0 Å². The highest BCUT2D eigenvalue weighted by atomic mass is 32.2. The van der Waals surface area contributed by atoms with Gasteiger partial charge in [0.15, 0.2) is 9.84 Å². The molecule has 0 aliphatic rings. The minimum Gasteiger partial charge on any atom is -0.228 e.